The van der Waals surface area contributed by atoms with Crippen molar-refractivity contribution >= 4 is 0 Å². The molecule has 1 heteroatoms. The normalized spacial score (nSPS) is 41.4. The van der Waals surface area contributed by atoms with E-state index in [0.717, 1.165) is 29.6 Å². The van der Waals surface area contributed by atoms with Crippen LogP contribution in [0.4, 0.5) is 0 Å². The molecule has 0 radical (unpaired) electrons. The predicted octanol–water partition coefficient (Wildman–Crippen LogP) is 6.44. The lowest BCUT2D eigenvalue weighted by Crippen LogP contribution is -2.48. The lowest BCUT2D eigenvalue weighted by Gasteiger charge is -2.51. The minimum atomic E-state index is 0.0203. The molecule has 0 bridgehead atoms. The van der Waals surface area contributed by atoms with Gasteiger partial charge in [0.15, 0.2) is 0 Å². The molecule has 3 rings (SSSR count). The number of rotatable bonds is 5. The summed E-state index contributed by atoms with van der Waals surface area (Å²) in [7, 11) is 0. The van der Waals surface area contributed by atoms with Gasteiger partial charge in [0.2, 0.25) is 0 Å². The second-order valence-corrected chi connectivity index (χ2v) is 10.0. The molecule has 6 unspecified atom stereocenters. The van der Waals surface area contributed by atoms with Crippen LogP contribution in [0, 0.1) is 41.4 Å². The van der Waals surface area contributed by atoms with Crippen LogP contribution >= 0.6 is 0 Å². The number of fused-ring (bicyclic) bond motifs is 1. The molecule has 3 aliphatic carbocycles. The second kappa shape index (κ2) is 8.56. The maximum atomic E-state index is 11.2. The number of aliphatic hydroxyl groups is 1. The zero-order valence-corrected chi connectivity index (χ0v) is 16.6. The summed E-state index contributed by atoms with van der Waals surface area (Å²) in [5.41, 5.74) is 0. The summed E-state index contributed by atoms with van der Waals surface area (Å²) in [5, 5.41) is 11.2. The molecule has 1 nitrogen and oxygen atoms in total. The highest BCUT2D eigenvalue weighted by molar-refractivity contribution is 4.96. The van der Waals surface area contributed by atoms with Crippen molar-refractivity contribution < 1.29 is 5.11 Å². The Morgan fingerprint density at radius 2 is 1.50 bits per heavy atom. The van der Waals surface area contributed by atoms with Crippen molar-refractivity contribution in [1.82, 2.24) is 0 Å². The van der Waals surface area contributed by atoms with E-state index in [0.29, 0.717) is 11.8 Å². The summed E-state index contributed by atoms with van der Waals surface area (Å²) in [6.45, 7) is 7.20. The third kappa shape index (κ3) is 4.19. The molecule has 3 saturated carbocycles. The summed E-state index contributed by atoms with van der Waals surface area (Å²) >= 11 is 0. The molecule has 3 fully saturated rings. The molecule has 0 aromatic heterocycles. The lowest BCUT2D eigenvalue weighted by atomic mass is 9.56. The van der Waals surface area contributed by atoms with Crippen LogP contribution in [-0.2, 0) is 0 Å². The molecule has 3 aliphatic rings. The molecule has 0 heterocycles. The van der Waals surface area contributed by atoms with Crippen LogP contribution < -0.4 is 0 Å². The highest BCUT2D eigenvalue weighted by Crippen LogP contribution is 2.52. The first-order valence-corrected chi connectivity index (χ1v) is 11.3. The van der Waals surface area contributed by atoms with Gasteiger partial charge in [0, 0.05) is 0 Å². The van der Waals surface area contributed by atoms with E-state index in [1.54, 1.807) is 0 Å². The maximum Gasteiger partial charge on any atom is 0.0601 e. The first-order chi connectivity index (χ1) is 11.6. The molecule has 0 saturated heterocycles. The Kier molecular flexibility index (Phi) is 6.69. The Balaban J connectivity index is 1.61. The Bertz CT molecular complexity index is 370. The first-order valence-electron chi connectivity index (χ1n) is 11.3. The van der Waals surface area contributed by atoms with Gasteiger partial charge in [0.25, 0.3) is 0 Å². The summed E-state index contributed by atoms with van der Waals surface area (Å²) in [6, 6.07) is 0. The van der Waals surface area contributed by atoms with Crippen molar-refractivity contribution in [2.45, 2.75) is 104 Å². The van der Waals surface area contributed by atoms with Crippen LogP contribution in [0.1, 0.15) is 97.8 Å². The van der Waals surface area contributed by atoms with Gasteiger partial charge in [-0.15, -0.1) is 0 Å². The van der Waals surface area contributed by atoms with E-state index >= 15 is 0 Å². The summed E-state index contributed by atoms with van der Waals surface area (Å²) < 4.78 is 0. The largest absolute Gasteiger partial charge is 0.393 e. The minimum absolute atomic E-state index is 0.0203. The smallest absolute Gasteiger partial charge is 0.0601 e. The van der Waals surface area contributed by atoms with E-state index in [1.807, 2.05) is 0 Å². The molecule has 6 atom stereocenters. The van der Waals surface area contributed by atoms with E-state index in [4.69, 9.17) is 0 Å². The van der Waals surface area contributed by atoms with Crippen molar-refractivity contribution in [3.8, 4) is 0 Å². The van der Waals surface area contributed by atoms with E-state index in [2.05, 4.69) is 20.8 Å². The average molecular weight is 335 g/mol. The topological polar surface area (TPSA) is 20.2 Å². The van der Waals surface area contributed by atoms with Crippen LogP contribution in [0.2, 0.25) is 0 Å². The number of aliphatic hydroxyl groups excluding tert-OH is 1. The molecule has 140 valence electrons. The first kappa shape index (κ1) is 18.7. The molecule has 1 N–H and O–H groups in total. The van der Waals surface area contributed by atoms with Gasteiger partial charge in [-0.2, -0.15) is 0 Å². The Morgan fingerprint density at radius 1 is 0.833 bits per heavy atom. The van der Waals surface area contributed by atoms with E-state index in [9.17, 15) is 5.11 Å². The molecule has 24 heavy (non-hydrogen) atoms. The fourth-order valence-electron chi connectivity index (χ4n) is 6.69. The van der Waals surface area contributed by atoms with Crippen LogP contribution in [0.5, 0.6) is 0 Å². The van der Waals surface area contributed by atoms with Crippen LogP contribution in [0.25, 0.3) is 0 Å². The summed E-state index contributed by atoms with van der Waals surface area (Å²) in [5.74, 6) is 5.56. The van der Waals surface area contributed by atoms with Gasteiger partial charge in [-0.25, -0.2) is 0 Å². The quantitative estimate of drug-likeness (QED) is 0.613. The Hall–Kier alpha value is -0.0400. The highest BCUT2D eigenvalue weighted by Gasteiger charge is 2.47. The van der Waals surface area contributed by atoms with E-state index < -0.39 is 0 Å². The van der Waals surface area contributed by atoms with Gasteiger partial charge in [-0.1, -0.05) is 72.1 Å². The van der Waals surface area contributed by atoms with Crippen molar-refractivity contribution in [2.75, 3.05) is 0 Å². The summed E-state index contributed by atoms with van der Waals surface area (Å²) in [4.78, 5) is 0. The molecule has 0 amide bonds. The van der Waals surface area contributed by atoms with Crippen molar-refractivity contribution in [3.05, 3.63) is 0 Å². The van der Waals surface area contributed by atoms with E-state index in [-0.39, 0.29) is 6.10 Å². The third-order valence-corrected chi connectivity index (χ3v) is 8.07. The second-order valence-electron chi connectivity index (χ2n) is 10.0. The van der Waals surface area contributed by atoms with Crippen molar-refractivity contribution in [3.63, 3.8) is 0 Å². The van der Waals surface area contributed by atoms with Gasteiger partial charge >= 0.3 is 0 Å². The van der Waals surface area contributed by atoms with Crippen LogP contribution in [0.3, 0.4) is 0 Å². The molecule has 0 aliphatic heterocycles. The fraction of sp³-hybridized carbons (Fsp3) is 1.00. The summed E-state index contributed by atoms with van der Waals surface area (Å²) in [6.07, 6.45) is 16.7. The van der Waals surface area contributed by atoms with Crippen molar-refractivity contribution in [2.24, 2.45) is 41.4 Å². The van der Waals surface area contributed by atoms with Gasteiger partial charge < -0.3 is 5.11 Å². The Morgan fingerprint density at radius 3 is 2.21 bits per heavy atom. The minimum Gasteiger partial charge on any atom is -0.393 e. The van der Waals surface area contributed by atoms with Gasteiger partial charge in [-0.3, -0.25) is 0 Å². The van der Waals surface area contributed by atoms with Crippen molar-refractivity contribution in [1.29, 1.82) is 0 Å². The number of hydrogen-bond acceptors (Lipinski definition) is 1. The molecular formula is C23H42O. The highest BCUT2D eigenvalue weighted by atomic mass is 16.3. The SMILES string of the molecule is CC(C)CCCC1C(C)CCC2C(O)C(C3CCCCC3)CCC12. The zero-order valence-electron chi connectivity index (χ0n) is 16.6. The van der Waals surface area contributed by atoms with Crippen LogP contribution in [0.15, 0.2) is 0 Å². The lowest BCUT2D eigenvalue weighted by molar-refractivity contribution is -0.0867. The molecule has 0 aromatic carbocycles. The third-order valence-electron chi connectivity index (χ3n) is 8.07. The predicted molar refractivity (Wildman–Crippen MR) is 103 cm³/mol. The molecule has 0 aromatic rings. The van der Waals surface area contributed by atoms with Crippen LogP contribution in [-0.4, -0.2) is 11.2 Å². The monoisotopic (exact) mass is 334 g/mol. The van der Waals surface area contributed by atoms with Gasteiger partial charge in [-0.05, 0) is 67.1 Å². The Labute approximate surface area is 151 Å². The molecular weight excluding hydrogens is 292 g/mol. The molecule has 0 spiro atoms. The van der Waals surface area contributed by atoms with Gasteiger partial charge in [0.1, 0.15) is 0 Å². The maximum absolute atomic E-state index is 11.2. The van der Waals surface area contributed by atoms with E-state index in [1.165, 1.54) is 77.0 Å². The zero-order chi connectivity index (χ0) is 17.1. The average Bonchev–Trinajstić information content (AvgIpc) is 2.57. The standard InChI is InChI=1S/C23H42O/c1-16(2)8-7-11-19-17(3)12-13-22-21(19)15-14-20(23(22)24)18-9-5-4-6-10-18/h16-24H,4-15H2,1-3H3. The number of hydrogen-bond donors (Lipinski definition) is 1. The van der Waals surface area contributed by atoms with Gasteiger partial charge in [0.05, 0.1) is 6.10 Å². The fourth-order valence-corrected chi connectivity index (χ4v) is 6.69.